The van der Waals surface area contributed by atoms with Crippen LogP contribution in [0.5, 0.6) is 0 Å². The molecule has 96 valence electrons. The van der Waals surface area contributed by atoms with E-state index in [4.69, 9.17) is 9.47 Å². The van der Waals surface area contributed by atoms with Gasteiger partial charge < -0.3 is 20.1 Å². The second-order valence-electron chi connectivity index (χ2n) is 3.57. The SMILES string of the molecule is COCCCCNCC(=O)NCCCOC. The fourth-order valence-electron chi connectivity index (χ4n) is 1.21. The van der Waals surface area contributed by atoms with Crippen molar-refractivity contribution in [2.75, 3.05) is 47.1 Å². The van der Waals surface area contributed by atoms with Gasteiger partial charge in [0.2, 0.25) is 5.91 Å². The molecule has 0 aromatic rings. The first-order chi connectivity index (χ1) is 7.81. The molecule has 5 heteroatoms. The number of rotatable bonds is 11. The molecule has 0 aliphatic carbocycles. The van der Waals surface area contributed by atoms with Crippen molar-refractivity contribution in [3.8, 4) is 0 Å². The number of hydrogen-bond acceptors (Lipinski definition) is 4. The number of carbonyl (C=O) groups is 1. The largest absolute Gasteiger partial charge is 0.385 e. The van der Waals surface area contributed by atoms with Crippen LogP contribution >= 0.6 is 0 Å². The second kappa shape index (κ2) is 12.4. The Kier molecular flexibility index (Phi) is 11.9. The molecule has 0 rings (SSSR count). The Labute approximate surface area is 97.9 Å². The summed E-state index contributed by atoms with van der Waals surface area (Å²) in [6.07, 6.45) is 2.92. The van der Waals surface area contributed by atoms with Crippen LogP contribution in [0, 0.1) is 0 Å². The summed E-state index contributed by atoms with van der Waals surface area (Å²) < 4.78 is 9.81. The van der Waals surface area contributed by atoms with Crippen molar-refractivity contribution in [1.29, 1.82) is 0 Å². The second-order valence-corrected chi connectivity index (χ2v) is 3.57. The smallest absolute Gasteiger partial charge is 0.233 e. The molecule has 0 spiro atoms. The van der Waals surface area contributed by atoms with Crippen LogP contribution in [0.15, 0.2) is 0 Å². The third-order valence-corrected chi connectivity index (χ3v) is 2.08. The molecule has 0 bridgehead atoms. The van der Waals surface area contributed by atoms with Crippen LogP contribution in [0.25, 0.3) is 0 Å². The first kappa shape index (κ1) is 15.3. The van der Waals surface area contributed by atoms with Gasteiger partial charge in [-0.05, 0) is 25.8 Å². The van der Waals surface area contributed by atoms with E-state index in [9.17, 15) is 4.79 Å². The quantitative estimate of drug-likeness (QED) is 0.498. The van der Waals surface area contributed by atoms with Gasteiger partial charge in [-0.3, -0.25) is 4.79 Å². The fraction of sp³-hybridized carbons (Fsp3) is 0.909. The lowest BCUT2D eigenvalue weighted by Crippen LogP contribution is -2.35. The Balaban J connectivity index is 3.11. The monoisotopic (exact) mass is 232 g/mol. The van der Waals surface area contributed by atoms with Crippen LogP contribution in [-0.2, 0) is 14.3 Å². The van der Waals surface area contributed by atoms with E-state index >= 15 is 0 Å². The van der Waals surface area contributed by atoms with Gasteiger partial charge in [0.15, 0.2) is 0 Å². The van der Waals surface area contributed by atoms with Gasteiger partial charge in [0.1, 0.15) is 0 Å². The van der Waals surface area contributed by atoms with E-state index in [1.54, 1.807) is 14.2 Å². The number of amides is 1. The number of ether oxygens (including phenoxy) is 2. The van der Waals surface area contributed by atoms with Gasteiger partial charge in [0.25, 0.3) is 0 Å². The Morgan fingerprint density at radius 1 is 1.00 bits per heavy atom. The van der Waals surface area contributed by atoms with Crippen molar-refractivity contribution < 1.29 is 14.3 Å². The highest BCUT2D eigenvalue weighted by atomic mass is 16.5. The van der Waals surface area contributed by atoms with Gasteiger partial charge in [-0.2, -0.15) is 0 Å². The van der Waals surface area contributed by atoms with E-state index in [1.807, 2.05) is 0 Å². The molecule has 0 atom stereocenters. The fourth-order valence-corrected chi connectivity index (χ4v) is 1.21. The summed E-state index contributed by atoms with van der Waals surface area (Å²) in [5, 5.41) is 5.90. The first-order valence-electron chi connectivity index (χ1n) is 5.76. The average Bonchev–Trinajstić information content (AvgIpc) is 2.29. The standard InChI is InChI=1S/C11H24N2O3/c1-15-8-4-3-6-12-10-11(14)13-7-5-9-16-2/h12H,3-10H2,1-2H3,(H,13,14). The van der Waals surface area contributed by atoms with Crippen LogP contribution in [0.1, 0.15) is 19.3 Å². The average molecular weight is 232 g/mol. The number of unbranched alkanes of at least 4 members (excludes halogenated alkanes) is 1. The summed E-state index contributed by atoms with van der Waals surface area (Å²) in [5.74, 6) is 0.0443. The zero-order valence-electron chi connectivity index (χ0n) is 10.4. The molecule has 0 aliphatic heterocycles. The summed E-state index contributed by atoms with van der Waals surface area (Å²) in [6, 6.07) is 0. The zero-order valence-corrected chi connectivity index (χ0v) is 10.4. The van der Waals surface area contributed by atoms with E-state index in [2.05, 4.69) is 10.6 Å². The van der Waals surface area contributed by atoms with Gasteiger partial charge in [-0.15, -0.1) is 0 Å². The lowest BCUT2D eigenvalue weighted by molar-refractivity contribution is -0.120. The van der Waals surface area contributed by atoms with Crippen LogP contribution in [0.2, 0.25) is 0 Å². The minimum Gasteiger partial charge on any atom is -0.385 e. The van der Waals surface area contributed by atoms with Gasteiger partial charge in [-0.25, -0.2) is 0 Å². The molecule has 0 radical (unpaired) electrons. The van der Waals surface area contributed by atoms with Crippen LogP contribution in [-0.4, -0.2) is 53.0 Å². The molecule has 0 aliphatic rings. The molecule has 0 aromatic carbocycles. The first-order valence-corrected chi connectivity index (χ1v) is 5.76. The highest BCUT2D eigenvalue weighted by molar-refractivity contribution is 5.77. The van der Waals surface area contributed by atoms with E-state index in [0.717, 1.165) is 32.4 Å². The molecule has 16 heavy (non-hydrogen) atoms. The van der Waals surface area contributed by atoms with Gasteiger partial charge >= 0.3 is 0 Å². The molecule has 0 fully saturated rings. The molecule has 2 N–H and O–H groups in total. The van der Waals surface area contributed by atoms with E-state index in [0.29, 0.717) is 19.7 Å². The van der Waals surface area contributed by atoms with E-state index in [-0.39, 0.29) is 5.91 Å². The summed E-state index contributed by atoms with van der Waals surface area (Å²) in [6.45, 7) is 3.39. The van der Waals surface area contributed by atoms with Crippen LogP contribution in [0.4, 0.5) is 0 Å². The molecule has 0 aromatic heterocycles. The molecule has 0 saturated carbocycles. The van der Waals surface area contributed by atoms with Crippen LogP contribution < -0.4 is 10.6 Å². The maximum atomic E-state index is 11.3. The summed E-state index contributed by atoms with van der Waals surface area (Å²) in [5.41, 5.74) is 0. The van der Waals surface area contributed by atoms with Gasteiger partial charge in [0.05, 0.1) is 6.54 Å². The molecular formula is C11H24N2O3. The lowest BCUT2D eigenvalue weighted by atomic mass is 10.3. The zero-order chi connectivity index (χ0) is 12.1. The van der Waals surface area contributed by atoms with Crippen molar-refractivity contribution >= 4 is 5.91 Å². The summed E-state index contributed by atoms with van der Waals surface area (Å²) >= 11 is 0. The van der Waals surface area contributed by atoms with Crippen LogP contribution in [0.3, 0.4) is 0 Å². The minimum atomic E-state index is 0.0443. The predicted octanol–water partition coefficient (Wildman–Crippen LogP) is 0.155. The molecular weight excluding hydrogens is 208 g/mol. The van der Waals surface area contributed by atoms with Crippen molar-refractivity contribution in [2.45, 2.75) is 19.3 Å². The van der Waals surface area contributed by atoms with E-state index in [1.165, 1.54) is 0 Å². The maximum Gasteiger partial charge on any atom is 0.233 e. The van der Waals surface area contributed by atoms with Crippen molar-refractivity contribution in [3.05, 3.63) is 0 Å². The van der Waals surface area contributed by atoms with E-state index < -0.39 is 0 Å². The highest BCUT2D eigenvalue weighted by Crippen LogP contribution is 1.86. The molecule has 0 unspecified atom stereocenters. The molecule has 1 amide bonds. The van der Waals surface area contributed by atoms with Crippen molar-refractivity contribution in [3.63, 3.8) is 0 Å². The Hall–Kier alpha value is -0.650. The maximum absolute atomic E-state index is 11.3. The van der Waals surface area contributed by atoms with Gasteiger partial charge in [-0.1, -0.05) is 0 Å². The third kappa shape index (κ3) is 11.4. The number of carbonyl (C=O) groups excluding carboxylic acids is 1. The van der Waals surface area contributed by atoms with Gasteiger partial charge in [0, 0.05) is 34.0 Å². The van der Waals surface area contributed by atoms with Crippen molar-refractivity contribution in [2.24, 2.45) is 0 Å². The van der Waals surface area contributed by atoms with Crippen molar-refractivity contribution in [1.82, 2.24) is 10.6 Å². The topological polar surface area (TPSA) is 59.6 Å². The molecule has 0 heterocycles. The Bertz CT molecular complexity index is 165. The third-order valence-electron chi connectivity index (χ3n) is 2.08. The summed E-state index contributed by atoms with van der Waals surface area (Å²) in [7, 11) is 3.35. The number of hydrogen-bond donors (Lipinski definition) is 2. The predicted molar refractivity (Wildman–Crippen MR) is 63.5 cm³/mol. The molecule has 5 nitrogen and oxygen atoms in total. The highest BCUT2D eigenvalue weighted by Gasteiger charge is 1.98. The summed E-state index contributed by atoms with van der Waals surface area (Å²) in [4.78, 5) is 11.3. The number of nitrogens with one attached hydrogen (secondary N) is 2. The molecule has 0 saturated heterocycles. The minimum absolute atomic E-state index is 0.0443. The Morgan fingerprint density at radius 2 is 1.69 bits per heavy atom. The normalized spacial score (nSPS) is 10.4. The lowest BCUT2D eigenvalue weighted by Gasteiger charge is -2.06. The number of methoxy groups -OCH3 is 2. The Morgan fingerprint density at radius 3 is 2.38 bits per heavy atom.